The van der Waals surface area contributed by atoms with Gasteiger partial charge in [-0.15, -0.1) is 0 Å². The van der Waals surface area contributed by atoms with E-state index in [-0.39, 0.29) is 48.0 Å². The fraction of sp³-hybridized carbons (Fsp3) is 0.318. The van der Waals surface area contributed by atoms with Gasteiger partial charge in [-0.3, -0.25) is 9.59 Å². The number of carbonyl (C=O) groups is 4. The van der Waals surface area contributed by atoms with E-state index in [0.717, 1.165) is 50.9 Å². The van der Waals surface area contributed by atoms with E-state index in [1.165, 1.54) is 4.90 Å². The number of amides is 2. The summed E-state index contributed by atoms with van der Waals surface area (Å²) in [5, 5.41) is 5.50. The summed E-state index contributed by atoms with van der Waals surface area (Å²) in [7, 11) is 0. The number of hydrogen-bond donors (Lipinski definition) is 0. The Bertz CT molecular complexity index is 2470. The Morgan fingerprint density at radius 2 is 1.13 bits per heavy atom. The predicted octanol–water partition coefficient (Wildman–Crippen LogP) is 12.2. The highest BCUT2D eigenvalue weighted by Crippen LogP contribution is 2.50. The molecule has 0 unspecified atom stereocenters. The molecular formula is C44H41Br2NO6. The number of unbranched alkanes of at least 4 members (excludes halogenated alkanes) is 2. The molecule has 7 nitrogen and oxygen atoms in total. The predicted molar refractivity (Wildman–Crippen MR) is 219 cm³/mol. The zero-order chi connectivity index (χ0) is 37.9. The Balaban J connectivity index is 1.55. The van der Waals surface area contributed by atoms with Crippen molar-refractivity contribution in [1.29, 1.82) is 0 Å². The first-order chi connectivity index (χ1) is 25.4. The maximum Gasteiger partial charge on any atom is 0.338 e. The minimum absolute atomic E-state index is 0.0739. The van der Waals surface area contributed by atoms with Gasteiger partial charge in [0.1, 0.15) is 0 Å². The molecule has 9 heteroatoms. The summed E-state index contributed by atoms with van der Waals surface area (Å²) in [4.78, 5) is 58.3. The molecule has 0 radical (unpaired) electrons. The summed E-state index contributed by atoms with van der Waals surface area (Å²) < 4.78 is 12.7. The topological polar surface area (TPSA) is 90.0 Å². The number of anilines is 1. The molecule has 0 aromatic heterocycles. The molecule has 6 aromatic rings. The quantitative estimate of drug-likeness (QED) is 0.0424. The number of halogens is 2. The average molecular weight is 840 g/mol. The van der Waals surface area contributed by atoms with Crippen LogP contribution in [0.4, 0.5) is 5.69 Å². The van der Waals surface area contributed by atoms with Crippen LogP contribution in [0.25, 0.3) is 43.1 Å². The number of hydrogen-bond acceptors (Lipinski definition) is 6. The van der Waals surface area contributed by atoms with Crippen LogP contribution in [0.5, 0.6) is 0 Å². The number of imide groups is 1. The third-order valence-corrected chi connectivity index (χ3v) is 11.6. The standard InChI is InChI=1S/C44H41Br2NO6/c1-7-9-18-52-43(50)29-17-15-27-36-32(45)20-30-34-28(41(48)47(42(30)49)40-24(22(3)4)12-11-13-25(40)23(5)6)16-14-26(38(34)36)37-33(46)21-31(35(29)39(27)37)44(51)53-19-10-8-2/h11-17,20-23H,7-10,18-19H2,1-6H3. The van der Waals surface area contributed by atoms with Gasteiger partial charge in [0.05, 0.1) is 35.6 Å². The molecule has 1 heterocycles. The molecule has 0 saturated heterocycles. The molecule has 0 spiro atoms. The second-order valence-corrected chi connectivity index (χ2v) is 16.1. The van der Waals surface area contributed by atoms with Gasteiger partial charge >= 0.3 is 11.9 Å². The van der Waals surface area contributed by atoms with Gasteiger partial charge in [-0.25, -0.2) is 14.5 Å². The fourth-order valence-electron chi connectivity index (χ4n) is 7.77. The van der Waals surface area contributed by atoms with Crippen LogP contribution in [0, 0.1) is 0 Å². The number of carbonyl (C=O) groups excluding carboxylic acids is 4. The molecule has 272 valence electrons. The number of esters is 2. The van der Waals surface area contributed by atoms with Crippen LogP contribution in [-0.2, 0) is 9.47 Å². The molecule has 7 rings (SSSR count). The van der Waals surface area contributed by atoms with Gasteiger partial charge in [-0.2, -0.15) is 0 Å². The smallest absolute Gasteiger partial charge is 0.338 e. The zero-order valence-electron chi connectivity index (χ0n) is 30.7. The third kappa shape index (κ3) is 5.91. The summed E-state index contributed by atoms with van der Waals surface area (Å²) in [6.07, 6.45) is 3.15. The Hall–Kier alpha value is -4.34. The lowest BCUT2D eigenvalue weighted by Gasteiger charge is -2.33. The molecule has 53 heavy (non-hydrogen) atoms. The number of benzene rings is 6. The first-order valence-electron chi connectivity index (χ1n) is 18.4. The molecule has 6 aromatic carbocycles. The highest BCUT2D eigenvalue weighted by atomic mass is 79.9. The van der Waals surface area contributed by atoms with E-state index < -0.39 is 11.9 Å². The summed E-state index contributed by atoms with van der Waals surface area (Å²) in [6, 6.07) is 16.8. The van der Waals surface area contributed by atoms with Crippen LogP contribution in [0.15, 0.2) is 63.5 Å². The molecule has 0 atom stereocenters. The Morgan fingerprint density at radius 3 is 1.70 bits per heavy atom. The number of rotatable bonds is 11. The van der Waals surface area contributed by atoms with E-state index in [2.05, 4.69) is 59.6 Å². The minimum Gasteiger partial charge on any atom is -0.462 e. The van der Waals surface area contributed by atoms with E-state index >= 15 is 0 Å². The summed E-state index contributed by atoms with van der Waals surface area (Å²) >= 11 is 7.64. The fourth-order valence-corrected chi connectivity index (χ4v) is 9.05. The molecule has 0 aliphatic carbocycles. The summed E-state index contributed by atoms with van der Waals surface area (Å²) in [5.41, 5.74) is 3.90. The normalized spacial score (nSPS) is 13.1. The molecule has 0 bridgehead atoms. The second-order valence-electron chi connectivity index (χ2n) is 14.4. The molecule has 2 amide bonds. The van der Waals surface area contributed by atoms with Crippen LogP contribution >= 0.6 is 31.9 Å². The zero-order valence-corrected chi connectivity index (χ0v) is 33.9. The Morgan fingerprint density at radius 1 is 0.623 bits per heavy atom. The number of nitrogens with zero attached hydrogens (tertiary/aromatic N) is 1. The average Bonchev–Trinajstić information content (AvgIpc) is 3.13. The van der Waals surface area contributed by atoms with Crippen molar-refractivity contribution < 1.29 is 28.7 Å². The van der Waals surface area contributed by atoms with Crippen LogP contribution < -0.4 is 4.90 Å². The van der Waals surface area contributed by atoms with Gasteiger partial charge in [-0.1, -0.05) is 117 Å². The van der Waals surface area contributed by atoms with Crippen molar-refractivity contribution >= 4 is 104 Å². The van der Waals surface area contributed by atoms with Crippen molar-refractivity contribution in [1.82, 2.24) is 0 Å². The van der Waals surface area contributed by atoms with Gasteiger partial charge in [-0.05, 0) is 70.8 Å². The van der Waals surface area contributed by atoms with Gasteiger partial charge in [0, 0.05) is 46.8 Å². The van der Waals surface area contributed by atoms with Crippen molar-refractivity contribution in [3.05, 3.63) is 96.9 Å². The lowest BCUT2D eigenvalue weighted by Crippen LogP contribution is -2.41. The van der Waals surface area contributed by atoms with Crippen molar-refractivity contribution in [2.24, 2.45) is 0 Å². The van der Waals surface area contributed by atoms with Crippen LogP contribution in [-0.4, -0.2) is 37.0 Å². The van der Waals surface area contributed by atoms with E-state index in [9.17, 15) is 19.2 Å². The highest BCUT2D eigenvalue weighted by molar-refractivity contribution is 9.11. The van der Waals surface area contributed by atoms with Gasteiger partial charge < -0.3 is 9.47 Å². The number of ether oxygens (including phenoxy) is 2. The van der Waals surface area contributed by atoms with E-state index in [1.807, 2.05) is 44.2 Å². The Labute approximate surface area is 325 Å². The molecule has 1 aliphatic rings. The van der Waals surface area contributed by atoms with Crippen molar-refractivity contribution in [3.63, 3.8) is 0 Å². The van der Waals surface area contributed by atoms with E-state index in [4.69, 9.17) is 9.47 Å². The van der Waals surface area contributed by atoms with Crippen LogP contribution in [0.3, 0.4) is 0 Å². The number of fused-ring (bicyclic) bond motifs is 2. The first kappa shape index (κ1) is 37.0. The Kier molecular flexibility index (Phi) is 10.1. The first-order valence-corrected chi connectivity index (χ1v) is 20.0. The van der Waals surface area contributed by atoms with Crippen LogP contribution in [0.1, 0.15) is 132 Å². The SMILES string of the molecule is CCCCOC(=O)c1ccc2c3c(Br)cc4c5c(ccc(c6c(Br)cc(C(=O)OCCCC)c1c26)c53)C(=O)N(c1c(C(C)C)cccc1C(C)C)C4=O. The molecule has 0 saturated carbocycles. The molecule has 0 fully saturated rings. The number of para-hydroxylation sites is 1. The maximum absolute atomic E-state index is 14.8. The van der Waals surface area contributed by atoms with Crippen molar-refractivity contribution in [2.75, 3.05) is 18.1 Å². The largest absolute Gasteiger partial charge is 0.462 e. The van der Waals surface area contributed by atoms with Crippen LogP contribution in [0.2, 0.25) is 0 Å². The third-order valence-electron chi connectivity index (χ3n) is 10.3. The maximum atomic E-state index is 14.8. The molecular weight excluding hydrogens is 798 g/mol. The summed E-state index contributed by atoms with van der Waals surface area (Å²) in [6.45, 7) is 12.8. The molecule has 1 aliphatic heterocycles. The monoisotopic (exact) mass is 837 g/mol. The second kappa shape index (κ2) is 14.5. The van der Waals surface area contributed by atoms with E-state index in [0.29, 0.717) is 54.8 Å². The van der Waals surface area contributed by atoms with Crippen molar-refractivity contribution in [2.45, 2.75) is 79.1 Å². The van der Waals surface area contributed by atoms with Gasteiger partial charge in [0.15, 0.2) is 0 Å². The van der Waals surface area contributed by atoms with Crippen molar-refractivity contribution in [3.8, 4) is 0 Å². The minimum atomic E-state index is -0.528. The lowest BCUT2D eigenvalue weighted by molar-refractivity contribution is 0.0500. The summed E-state index contributed by atoms with van der Waals surface area (Å²) in [5.74, 6) is -1.65. The molecule has 0 N–H and O–H groups in total. The van der Waals surface area contributed by atoms with Gasteiger partial charge in [0.2, 0.25) is 0 Å². The van der Waals surface area contributed by atoms with Gasteiger partial charge in [0.25, 0.3) is 11.8 Å². The van der Waals surface area contributed by atoms with E-state index in [1.54, 1.807) is 24.3 Å². The lowest BCUT2D eigenvalue weighted by atomic mass is 9.82. The highest BCUT2D eigenvalue weighted by Gasteiger charge is 2.39.